The van der Waals surface area contributed by atoms with Gasteiger partial charge < -0.3 is 14.9 Å². The quantitative estimate of drug-likeness (QED) is 0.602. The maximum atomic E-state index is 9.35. The number of thioether (sulfide) groups is 1. The summed E-state index contributed by atoms with van der Waals surface area (Å²) in [5.41, 5.74) is -0.173. The SMILES string of the molecule is CSC1OC(C)C(O)CC1O. The number of hydrogen-bond donors (Lipinski definition) is 2. The summed E-state index contributed by atoms with van der Waals surface area (Å²) in [6.07, 6.45) is 1.10. The summed E-state index contributed by atoms with van der Waals surface area (Å²) in [4.78, 5) is 0. The Hall–Kier alpha value is 0.230. The third-order valence-corrected chi connectivity index (χ3v) is 2.81. The standard InChI is InChI=1S/C7H14O3S/c1-4-5(8)3-6(9)7(10-4)11-2/h4-9H,3H2,1-2H3. The van der Waals surface area contributed by atoms with E-state index in [2.05, 4.69) is 0 Å². The molecule has 0 saturated carbocycles. The van der Waals surface area contributed by atoms with Gasteiger partial charge in [-0.3, -0.25) is 0 Å². The molecule has 1 aliphatic rings. The molecule has 4 unspecified atom stereocenters. The Balaban J connectivity index is 2.48. The summed E-state index contributed by atoms with van der Waals surface area (Å²) in [6, 6.07) is 0. The van der Waals surface area contributed by atoms with Crippen molar-refractivity contribution < 1.29 is 14.9 Å². The van der Waals surface area contributed by atoms with Gasteiger partial charge in [0.1, 0.15) is 5.44 Å². The highest BCUT2D eigenvalue weighted by molar-refractivity contribution is 7.99. The van der Waals surface area contributed by atoms with E-state index in [4.69, 9.17) is 4.74 Å². The first-order valence-electron chi connectivity index (χ1n) is 3.69. The monoisotopic (exact) mass is 178 g/mol. The Labute approximate surface area is 70.7 Å². The molecule has 3 nitrogen and oxygen atoms in total. The maximum Gasteiger partial charge on any atom is 0.129 e. The number of hydrogen-bond acceptors (Lipinski definition) is 4. The third-order valence-electron chi connectivity index (χ3n) is 1.92. The van der Waals surface area contributed by atoms with Crippen molar-refractivity contribution in [2.24, 2.45) is 0 Å². The zero-order valence-electron chi connectivity index (χ0n) is 6.73. The lowest BCUT2D eigenvalue weighted by atomic mass is 10.1. The van der Waals surface area contributed by atoms with Crippen LogP contribution in [0.2, 0.25) is 0 Å². The van der Waals surface area contributed by atoms with Gasteiger partial charge in [-0.15, -0.1) is 11.8 Å². The number of aliphatic hydroxyl groups excluding tert-OH is 2. The summed E-state index contributed by atoms with van der Waals surface area (Å²) in [5.74, 6) is 0. The van der Waals surface area contributed by atoms with Gasteiger partial charge in [0.25, 0.3) is 0 Å². The van der Waals surface area contributed by atoms with E-state index < -0.39 is 12.2 Å². The lowest BCUT2D eigenvalue weighted by Gasteiger charge is -2.34. The van der Waals surface area contributed by atoms with Crippen molar-refractivity contribution in [3.05, 3.63) is 0 Å². The summed E-state index contributed by atoms with van der Waals surface area (Å²) in [6.45, 7) is 1.82. The number of aliphatic hydroxyl groups is 2. The molecule has 0 radical (unpaired) electrons. The Morgan fingerprint density at radius 3 is 2.55 bits per heavy atom. The van der Waals surface area contributed by atoms with E-state index >= 15 is 0 Å². The smallest absolute Gasteiger partial charge is 0.129 e. The van der Waals surface area contributed by atoms with Crippen molar-refractivity contribution in [2.75, 3.05) is 6.26 Å². The second-order valence-corrected chi connectivity index (χ2v) is 3.75. The first-order chi connectivity index (χ1) is 5.15. The van der Waals surface area contributed by atoms with Crippen LogP contribution in [0.3, 0.4) is 0 Å². The fraction of sp³-hybridized carbons (Fsp3) is 1.00. The molecule has 2 N–H and O–H groups in total. The summed E-state index contributed by atoms with van der Waals surface area (Å²) in [5, 5.41) is 18.6. The van der Waals surface area contributed by atoms with Crippen molar-refractivity contribution in [3.8, 4) is 0 Å². The van der Waals surface area contributed by atoms with Crippen LogP contribution >= 0.6 is 11.8 Å². The van der Waals surface area contributed by atoms with Crippen LogP contribution in [0.5, 0.6) is 0 Å². The molecule has 0 aliphatic carbocycles. The van der Waals surface area contributed by atoms with Crippen LogP contribution in [0.25, 0.3) is 0 Å². The molecule has 0 aromatic heterocycles. The molecule has 11 heavy (non-hydrogen) atoms. The normalized spacial score (nSPS) is 45.8. The van der Waals surface area contributed by atoms with Gasteiger partial charge in [-0.2, -0.15) is 0 Å². The van der Waals surface area contributed by atoms with Crippen LogP contribution in [-0.2, 0) is 4.74 Å². The van der Waals surface area contributed by atoms with E-state index in [9.17, 15) is 10.2 Å². The summed E-state index contributed by atoms with van der Waals surface area (Å²) in [7, 11) is 0. The van der Waals surface area contributed by atoms with Gasteiger partial charge in [0.2, 0.25) is 0 Å². The molecule has 0 amide bonds. The first kappa shape index (κ1) is 9.32. The van der Waals surface area contributed by atoms with Crippen LogP contribution in [0, 0.1) is 0 Å². The van der Waals surface area contributed by atoms with E-state index in [1.165, 1.54) is 11.8 Å². The van der Waals surface area contributed by atoms with Crippen LogP contribution in [0.15, 0.2) is 0 Å². The molecular formula is C7H14O3S. The number of ether oxygens (including phenoxy) is 1. The lowest BCUT2D eigenvalue weighted by Crippen LogP contribution is -2.44. The summed E-state index contributed by atoms with van der Waals surface area (Å²) >= 11 is 1.48. The van der Waals surface area contributed by atoms with Gasteiger partial charge >= 0.3 is 0 Å². The molecule has 1 aliphatic heterocycles. The van der Waals surface area contributed by atoms with Crippen molar-refractivity contribution in [1.29, 1.82) is 0 Å². The topological polar surface area (TPSA) is 49.7 Å². The molecule has 4 atom stereocenters. The average molecular weight is 178 g/mol. The van der Waals surface area contributed by atoms with Crippen molar-refractivity contribution in [1.82, 2.24) is 0 Å². The van der Waals surface area contributed by atoms with Crippen LogP contribution in [-0.4, -0.2) is 40.2 Å². The van der Waals surface area contributed by atoms with Crippen molar-refractivity contribution in [2.45, 2.75) is 37.1 Å². The van der Waals surface area contributed by atoms with E-state index in [0.717, 1.165) is 0 Å². The molecular weight excluding hydrogens is 164 g/mol. The zero-order chi connectivity index (χ0) is 8.43. The molecule has 1 saturated heterocycles. The van der Waals surface area contributed by atoms with E-state index in [1.54, 1.807) is 0 Å². The molecule has 1 fully saturated rings. The first-order valence-corrected chi connectivity index (χ1v) is 4.98. The fourth-order valence-electron chi connectivity index (χ4n) is 1.16. The van der Waals surface area contributed by atoms with Crippen molar-refractivity contribution >= 4 is 11.8 Å². The minimum Gasteiger partial charge on any atom is -0.390 e. The Bertz CT molecular complexity index is 131. The minimum atomic E-state index is -0.531. The van der Waals surface area contributed by atoms with Gasteiger partial charge in [-0.25, -0.2) is 0 Å². The van der Waals surface area contributed by atoms with Gasteiger partial charge in [0.15, 0.2) is 0 Å². The second kappa shape index (κ2) is 3.76. The van der Waals surface area contributed by atoms with Crippen LogP contribution < -0.4 is 0 Å². The average Bonchev–Trinajstić information content (AvgIpc) is 1.97. The van der Waals surface area contributed by atoms with E-state index in [-0.39, 0.29) is 11.5 Å². The molecule has 4 heteroatoms. The molecule has 1 rings (SSSR count). The maximum absolute atomic E-state index is 9.35. The molecule has 1 heterocycles. The van der Waals surface area contributed by atoms with Gasteiger partial charge in [-0.1, -0.05) is 0 Å². The Morgan fingerprint density at radius 1 is 1.36 bits per heavy atom. The second-order valence-electron chi connectivity index (χ2n) is 2.82. The largest absolute Gasteiger partial charge is 0.390 e. The molecule has 0 spiro atoms. The highest BCUT2D eigenvalue weighted by Gasteiger charge is 2.32. The minimum absolute atomic E-state index is 0.157. The third kappa shape index (κ3) is 2.08. The van der Waals surface area contributed by atoms with Crippen molar-refractivity contribution in [3.63, 3.8) is 0 Å². The molecule has 0 aromatic rings. The van der Waals surface area contributed by atoms with Gasteiger partial charge in [0.05, 0.1) is 18.3 Å². The van der Waals surface area contributed by atoms with Gasteiger partial charge in [0, 0.05) is 6.42 Å². The molecule has 66 valence electrons. The predicted octanol–water partition coefficient (Wildman–Crippen LogP) is 0.206. The molecule has 0 aromatic carbocycles. The summed E-state index contributed by atoms with van der Waals surface area (Å²) < 4.78 is 5.32. The van der Waals surface area contributed by atoms with Gasteiger partial charge in [-0.05, 0) is 13.2 Å². The number of rotatable bonds is 1. The van der Waals surface area contributed by atoms with E-state index in [0.29, 0.717) is 6.42 Å². The fourth-order valence-corrected chi connectivity index (χ4v) is 1.87. The van der Waals surface area contributed by atoms with Crippen LogP contribution in [0.1, 0.15) is 13.3 Å². The van der Waals surface area contributed by atoms with E-state index in [1.807, 2.05) is 13.2 Å². The lowest BCUT2D eigenvalue weighted by molar-refractivity contribution is -0.129. The molecule has 0 bridgehead atoms. The highest BCUT2D eigenvalue weighted by Crippen LogP contribution is 2.25. The van der Waals surface area contributed by atoms with Crippen LogP contribution in [0.4, 0.5) is 0 Å². The predicted molar refractivity (Wildman–Crippen MR) is 44.5 cm³/mol. The zero-order valence-corrected chi connectivity index (χ0v) is 7.54. The Kier molecular flexibility index (Phi) is 3.18. The Morgan fingerprint density at radius 2 is 2.00 bits per heavy atom. The highest BCUT2D eigenvalue weighted by atomic mass is 32.2.